The van der Waals surface area contributed by atoms with Crippen LogP contribution in [0.2, 0.25) is 0 Å². The Balaban J connectivity index is 2.01. The first-order valence-electron chi connectivity index (χ1n) is 7.66. The third-order valence-electron chi connectivity index (χ3n) is 4.99. The summed E-state index contributed by atoms with van der Waals surface area (Å²) in [7, 11) is 0. The van der Waals surface area contributed by atoms with Crippen LogP contribution in [-0.4, -0.2) is 5.11 Å². The van der Waals surface area contributed by atoms with Crippen molar-refractivity contribution in [1.29, 1.82) is 0 Å². The second kappa shape index (κ2) is 4.46. The summed E-state index contributed by atoms with van der Waals surface area (Å²) >= 11 is 0. The Kier molecular flexibility index (Phi) is 2.71. The molecule has 0 heterocycles. The van der Waals surface area contributed by atoms with Crippen LogP contribution in [0.1, 0.15) is 41.7 Å². The molecule has 0 saturated carbocycles. The highest BCUT2D eigenvalue weighted by Crippen LogP contribution is 2.45. The van der Waals surface area contributed by atoms with E-state index in [1.54, 1.807) is 0 Å². The highest BCUT2D eigenvalue weighted by Gasteiger charge is 2.33. The molecule has 0 bridgehead atoms. The van der Waals surface area contributed by atoms with Crippen molar-refractivity contribution in [1.82, 2.24) is 0 Å². The predicted octanol–water partition coefficient (Wildman–Crippen LogP) is 4.07. The van der Waals surface area contributed by atoms with Crippen molar-refractivity contribution in [2.45, 2.75) is 38.7 Å². The van der Waals surface area contributed by atoms with Crippen molar-refractivity contribution >= 4 is 0 Å². The Morgan fingerprint density at radius 3 is 2.65 bits per heavy atom. The maximum Gasteiger partial charge on any atom is 0.0821 e. The number of aryl methyl sites for hydroxylation is 1. The van der Waals surface area contributed by atoms with Gasteiger partial charge in [0.05, 0.1) is 6.10 Å². The lowest BCUT2D eigenvalue weighted by atomic mass is 9.89. The van der Waals surface area contributed by atoms with Gasteiger partial charge in [-0.3, -0.25) is 0 Å². The Bertz CT molecular complexity index is 657. The van der Waals surface area contributed by atoms with Gasteiger partial charge in [-0.25, -0.2) is 0 Å². The molecule has 2 aliphatic rings. The molecule has 0 aliphatic heterocycles. The molecule has 20 heavy (non-hydrogen) atoms. The van der Waals surface area contributed by atoms with Gasteiger partial charge in [0.15, 0.2) is 0 Å². The van der Waals surface area contributed by atoms with Gasteiger partial charge in [-0.2, -0.15) is 0 Å². The van der Waals surface area contributed by atoms with E-state index in [9.17, 15) is 5.11 Å². The topological polar surface area (TPSA) is 20.2 Å². The minimum Gasteiger partial charge on any atom is -0.388 e. The van der Waals surface area contributed by atoms with E-state index in [-0.39, 0.29) is 6.10 Å². The summed E-state index contributed by atoms with van der Waals surface area (Å²) in [5.74, 6) is 0.343. The van der Waals surface area contributed by atoms with Gasteiger partial charge in [-0.05, 0) is 65.0 Å². The fourth-order valence-corrected chi connectivity index (χ4v) is 3.99. The highest BCUT2D eigenvalue weighted by molar-refractivity contribution is 5.75. The van der Waals surface area contributed by atoms with E-state index in [4.69, 9.17) is 0 Å². The third-order valence-corrected chi connectivity index (χ3v) is 4.99. The summed E-state index contributed by atoms with van der Waals surface area (Å²) in [5.41, 5.74) is 8.35. The monoisotopic (exact) mass is 264 g/mol. The van der Waals surface area contributed by atoms with Gasteiger partial charge in [0.2, 0.25) is 0 Å². The summed E-state index contributed by atoms with van der Waals surface area (Å²) in [6, 6.07) is 13.0. The molecule has 0 saturated heterocycles. The van der Waals surface area contributed by atoms with Crippen molar-refractivity contribution < 1.29 is 5.11 Å². The number of aliphatic hydroxyl groups excluding tert-OH is 1. The van der Waals surface area contributed by atoms with Gasteiger partial charge in [-0.15, -0.1) is 0 Å². The molecule has 2 aliphatic carbocycles. The number of rotatable bonds is 1. The van der Waals surface area contributed by atoms with E-state index >= 15 is 0 Å². The average molecular weight is 264 g/mol. The molecule has 2 aromatic rings. The first-order valence-corrected chi connectivity index (χ1v) is 7.66. The van der Waals surface area contributed by atoms with E-state index in [1.807, 2.05) is 0 Å². The number of fused-ring (bicyclic) bond motifs is 2. The van der Waals surface area contributed by atoms with Crippen LogP contribution in [0.5, 0.6) is 0 Å². The first kappa shape index (κ1) is 12.2. The third kappa shape index (κ3) is 1.66. The Hall–Kier alpha value is -1.60. The quantitative estimate of drug-likeness (QED) is 0.823. The molecule has 0 radical (unpaired) electrons. The Morgan fingerprint density at radius 1 is 1.05 bits per heavy atom. The van der Waals surface area contributed by atoms with Crippen LogP contribution in [0, 0.1) is 5.92 Å². The molecule has 0 fully saturated rings. The van der Waals surface area contributed by atoms with Crippen molar-refractivity contribution in [2.75, 3.05) is 0 Å². The fourth-order valence-electron chi connectivity index (χ4n) is 3.99. The number of aliphatic hydroxyl groups is 1. The zero-order valence-electron chi connectivity index (χ0n) is 11.9. The van der Waals surface area contributed by atoms with Gasteiger partial charge < -0.3 is 5.11 Å². The van der Waals surface area contributed by atoms with Gasteiger partial charge in [-0.1, -0.05) is 43.3 Å². The summed E-state index contributed by atoms with van der Waals surface area (Å²) in [6.07, 6.45) is 4.34. The summed E-state index contributed by atoms with van der Waals surface area (Å²) in [4.78, 5) is 0. The maximum atomic E-state index is 10.5. The SMILES string of the molecule is CC1Cc2c(cc3c(c2-c2ccccc2)CCC3)C1O. The zero-order chi connectivity index (χ0) is 13.7. The zero-order valence-corrected chi connectivity index (χ0v) is 11.9. The molecule has 2 atom stereocenters. The standard InChI is InChI=1S/C19H20O/c1-12-10-16-17(19(12)20)11-14-8-5-9-15(14)18(16)13-6-3-2-4-7-13/h2-4,6-7,11-12,19-20H,5,8-10H2,1H3. The lowest BCUT2D eigenvalue weighted by molar-refractivity contribution is 0.133. The Morgan fingerprint density at radius 2 is 1.85 bits per heavy atom. The molecular weight excluding hydrogens is 244 g/mol. The van der Waals surface area contributed by atoms with Crippen LogP contribution < -0.4 is 0 Å². The number of hydrogen-bond donors (Lipinski definition) is 1. The average Bonchev–Trinajstić information content (AvgIpc) is 3.04. The largest absolute Gasteiger partial charge is 0.388 e. The van der Waals surface area contributed by atoms with Crippen LogP contribution in [0.25, 0.3) is 11.1 Å². The van der Waals surface area contributed by atoms with Crippen molar-refractivity contribution in [3.8, 4) is 11.1 Å². The predicted molar refractivity (Wildman–Crippen MR) is 81.7 cm³/mol. The highest BCUT2D eigenvalue weighted by atomic mass is 16.3. The van der Waals surface area contributed by atoms with E-state index in [0.29, 0.717) is 5.92 Å². The molecule has 102 valence electrons. The number of hydrogen-bond acceptors (Lipinski definition) is 1. The molecule has 2 unspecified atom stereocenters. The molecular formula is C19H20O. The maximum absolute atomic E-state index is 10.5. The number of benzene rings is 2. The van der Waals surface area contributed by atoms with E-state index < -0.39 is 0 Å². The molecule has 2 aromatic carbocycles. The summed E-state index contributed by atoms with van der Waals surface area (Å²) < 4.78 is 0. The summed E-state index contributed by atoms with van der Waals surface area (Å²) in [5, 5.41) is 10.5. The second-order valence-corrected chi connectivity index (χ2v) is 6.30. The molecule has 1 nitrogen and oxygen atoms in total. The van der Waals surface area contributed by atoms with Crippen LogP contribution in [-0.2, 0) is 19.3 Å². The fraction of sp³-hybridized carbons (Fsp3) is 0.368. The smallest absolute Gasteiger partial charge is 0.0821 e. The van der Waals surface area contributed by atoms with Crippen LogP contribution in [0.15, 0.2) is 36.4 Å². The molecule has 4 rings (SSSR count). The van der Waals surface area contributed by atoms with E-state index in [2.05, 4.69) is 43.3 Å². The lowest BCUT2D eigenvalue weighted by Gasteiger charge is -2.16. The van der Waals surface area contributed by atoms with Crippen LogP contribution in [0.3, 0.4) is 0 Å². The van der Waals surface area contributed by atoms with Gasteiger partial charge >= 0.3 is 0 Å². The normalized spacial score (nSPS) is 23.7. The van der Waals surface area contributed by atoms with Gasteiger partial charge in [0.25, 0.3) is 0 Å². The molecule has 0 aromatic heterocycles. The molecule has 0 amide bonds. The minimum absolute atomic E-state index is 0.279. The molecule has 1 N–H and O–H groups in total. The van der Waals surface area contributed by atoms with Crippen molar-refractivity contribution in [2.24, 2.45) is 5.92 Å². The van der Waals surface area contributed by atoms with E-state index in [1.165, 1.54) is 52.6 Å². The van der Waals surface area contributed by atoms with E-state index in [0.717, 1.165) is 6.42 Å². The molecule has 1 heteroatoms. The van der Waals surface area contributed by atoms with Gasteiger partial charge in [0, 0.05) is 0 Å². The lowest BCUT2D eigenvalue weighted by Crippen LogP contribution is -2.01. The first-order chi connectivity index (χ1) is 9.75. The second-order valence-electron chi connectivity index (χ2n) is 6.30. The summed E-state index contributed by atoms with van der Waals surface area (Å²) in [6.45, 7) is 2.16. The van der Waals surface area contributed by atoms with Crippen molar-refractivity contribution in [3.05, 3.63) is 58.7 Å². The van der Waals surface area contributed by atoms with Crippen molar-refractivity contribution in [3.63, 3.8) is 0 Å². The van der Waals surface area contributed by atoms with Gasteiger partial charge in [0.1, 0.15) is 0 Å². The molecule has 0 spiro atoms. The Labute approximate surface area is 120 Å². The van der Waals surface area contributed by atoms with Crippen LogP contribution in [0.4, 0.5) is 0 Å². The van der Waals surface area contributed by atoms with Crippen LogP contribution >= 0.6 is 0 Å². The minimum atomic E-state index is -0.279.